The first-order valence-electron chi connectivity index (χ1n) is 5.41. The molecule has 15 heavy (non-hydrogen) atoms. The Labute approximate surface area is 93.6 Å². The Morgan fingerprint density at radius 3 is 2.40 bits per heavy atom. The van der Waals surface area contributed by atoms with Crippen molar-refractivity contribution in [3.63, 3.8) is 0 Å². The van der Waals surface area contributed by atoms with E-state index in [2.05, 4.69) is 20.0 Å². The predicted octanol–water partition coefficient (Wildman–Crippen LogP) is 2.67. The summed E-state index contributed by atoms with van der Waals surface area (Å²) in [5.41, 5.74) is 0.444. The number of ether oxygens (including phenoxy) is 1. The van der Waals surface area contributed by atoms with Gasteiger partial charge in [-0.05, 0) is 26.4 Å². The minimum atomic E-state index is -1.84. The van der Waals surface area contributed by atoms with E-state index < -0.39 is 8.32 Å². The lowest BCUT2D eigenvalue weighted by Gasteiger charge is -2.25. The molecule has 4 heteroatoms. The molecule has 1 unspecified atom stereocenters. The molecule has 0 amide bonds. The highest BCUT2D eigenvalue weighted by Gasteiger charge is 2.29. The lowest BCUT2D eigenvalue weighted by molar-refractivity contribution is -0.137. The van der Waals surface area contributed by atoms with Crippen LogP contribution in [0.3, 0.4) is 0 Å². The van der Waals surface area contributed by atoms with E-state index in [1.807, 2.05) is 6.92 Å². The van der Waals surface area contributed by atoms with E-state index in [4.69, 9.17) is 9.16 Å². The Morgan fingerprint density at radius 2 is 2.00 bits per heavy atom. The van der Waals surface area contributed by atoms with Gasteiger partial charge in [-0.1, -0.05) is 19.9 Å². The van der Waals surface area contributed by atoms with E-state index in [9.17, 15) is 4.79 Å². The quantitative estimate of drug-likeness (QED) is 0.383. The molecule has 3 nitrogen and oxygen atoms in total. The molecule has 0 aromatic rings. The zero-order chi connectivity index (χ0) is 11.9. The Bertz CT molecular complexity index is 220. The highest BCUT2D eigenvalue weighted by atomic mass is 28.4. The van der Waals surface area contributed by atoms with Crippen LogP contribution >= 0.6 is 0 Å². The summed E-state index contributed by atoms with van der Waals surface area (Å²) in [5.74, 6) is -0.315. The van der Waals surface area contributed by atoms with Crippen molar-refractivity contribution in [1.29, 1.82) is 0 Å². The van der Waals surface area contributed by atoms with Gasteiger partial charge in [0.05, 0.1) is 0 Å². The molecule has 1 atom stereocenters. The fourth-order valence-electron chi connectivity index (χ4n) is 1.40. The predicted molar refractivity (Wildman–Crippen MR) is 64.1 cm³/mol. The number of hydrogen-bond donors (Lipinski definition) is 0. The molecule has 0 saturated heterocycles. The van der Waals surface area contributed by atoms with Crippen molar-refractivity contribution in [1.82, 2.24) is 0 Å². The topological polar surface area (TPSA) is 35.5 Å². The van der Waals surface area contributed by atoms with Crippen LogP contribution in [0.4, 0.5) is 0 Å². The fraction of sp³-hybridized carbons (Fsp3) is 0.727. The Kier molecular flexibility index (Phi) is 6.52. The molecule has 0 radical (unpaired) electrons. The second-order valence-corrected chi connectivity index (χ2v) is 7.97. The van der Waals surface area contributed by atoms with Crippen LogP contribution in [-0.2, 0) is 14.0 Å². The molecule has 0 aromatic heterocycles. The normalized spacial score (nSPS) is 14.4. The largest absolute Gasteiger partial charge is 0.463 e. The number of hydrogen-bond acceptors (Lipinski definition) is 3. The van der Waals surface area contributed by atoms with Crippen molar-refractivity contribution in [2.45, 2.75) is 39.8 Å². The first-order chi connectivity index (χ1) is 6.95. The lowest BCUT2D eigenvalue weighted by atomic mass is 10.4. The Hall–Kier alpha value is -0.613. The van der Waals surface area contributed by atoms with Crippen LogP contribution in [0.5, 0.6) is 0 Å². The van der Waals surface area contributed by atoms with Crippen molar-refractivity contribution in [2.24, 2.45) is 0 Å². The van der Waals surface area contributed by atoms with Gasteiger partial charge in [0, 0.05) is 12.2 Å². The summed E-state index contributed by atoms with van der Waals surface area (Å²) in [5, 5.41) is 0. The highest BCUT2D eigenvalue weighted by Crippen LogP contribution is 2.15. The smallest absolute Gasteiger partial charge is 0.332 e. The summed E-state index contributed by atoms with van der Waals surface area (Å²) in [4.78, 5) is 11.2. The second-order valence-electron chi connectivity index (χ2n) is 3.99. The molecule has 0 aliphatic heterocycles. The van der Waals surface area contributed by atoms with Gasteiger partial charge in [-0.3, -0.25) is 0 Å². The molecule has 88 valence electrons. The highest BCUT2D eigenvalue weighted by molar-refractivity contribution is 6.72. The van der Waals surface area contributed by atoms with Gasteiger partial charge < -0.3 is 9.16 Å². The summed E-state index contributed by atoms with van der Waals surface area (Å²) in [6, 6.07) is 1.02. The van der Waals surface area contributed by atoms with Crippen molar-refractivity contribution in [2.75, 3.05) is 12.8 Å². The summed E-state index contributed by atoms with van der Waals surface area (Å²) in [6.07, 6.45) is 1.49. The molecule has 0 aliphatic rings. The van der Waals surface area contributed by atoms with Crippen LogP contribution < -0.4 is 0 Å². The maximum Gasteiger partial charge on any atom is 0.332 e. The molecule has 0 spiro atoms. The van der Waals surface area contributed by atoms with Crippen LogP contribution in [0.1, 0.15) is 27.2 Å². The Balaban J connectivity index is 4.17. The van der Waals surface area contributed by atoms with E-state index in [0.29, 0.717) is 18.4 Å². The summed E-state index contributed by atoms with van der Waals surface area (Å²) < 4.78 is 10.9. The molecular formula is C11H22O3Si. The number of esters is 1. The second kappa shape index (κ2) is 6.79. The van der Waals surface area contributed by atoms with Crippen molar-refractivity contribution >= 4 is 14.3 Å². The van der Waals surface area contributed by atoms with Crippen LogP contribution in [0.2, 0.25) is 12.6 Å². The van der Waals surface area contributed by atoms with Gasteiger partial charge in [-0.25, -0.2) is 4.79 Å². The average Bonchev–Trinajstić information content (AvgIpc) is 2.15. The zero-order valence-electron chi connectivity index (χ0n) is 10.3. The Morgan fingerprint density at radius 1 is 1.40 bits per heavy atom. The van der Waals surface area contributed by atoms with E-state index >= 15 is 0 Å². The number of rotatable bonds is 7. The zero-order valence-corrected chi connectivity index (χ0v) is 11.3. The third kappa shape index (κ3) is 5.74. The number of carbonyl (C=O) groups is 1. The van der Waals surface area contributed by atoms with Gasteiger partial charge in [-0.2, -0.15) is 0 Å². The van der Waals surface area contributed by atoms with Crippen LogP contribution in [0, 0.1) is 0 Å². The molecule has 0 aliphatic carbocycles. The minimum Gasteiger partial charge on any atom is -0.463 e. The van der Waals surface area contributed by atoms with Gasteiger partial charge >= 0.3 is 5.97 Å². The number of carbonyl (C=O) groups excluding carboxylic acids is 1. The molecule has 0 heterocycles. The van der Waals surface area contributed by atoms with Crippen LogP contribution in [-0.4, -0.2) is 27.1 Å². The molecule has 0 fully saturated rings. The monoisotopic (exact) mass is 230 g/mol. The van der Waals surface area contributed by atoms with Crippen LogP contribution in [0.15, 0.2) is 12.2 Å². The molecule has 0 N–H and O–H groups in total. The van der Waals surface area contributed by atoms with E-state index in [-0.39, 0.29) is 5.97 Å². The van der Waals surface area contributed by atoms with Gasteiger partial charge in [-0.15, -0.1) is 0 Å². The first kappa shape index (κ1) is 14.4. The lowest BCUT2D eigenvalue weighted by Crippen LogP contribution is -2.41. The van der Waals surface area contributed by atoms with Gasteiger partial charge in [0.25, 0.3) is 0 Å². The van der Waals surface area contributed by atoms with Gasteiger partial charge in [0.15, 0.2) is 0 Å². The maximum atomic E-state index is 11.2. The third-order valence-electron chi connectivity index (χ3n) is 2.13. The fourth-order valence-corrected chi connectivity index (χ4v) is 3.97. The van der Waals surface area contributed by atoms with E-state index in [0.717, 1.165) is 12.5 Å². The average molecular weight is 230 g/mol. The van der Waals surface area contributed by atoms with Crippen LogP contribution in [0.25, 0.3) is 0 Å². The standard InChI is InChI=1S/C11H22O3Si/c1-6-8-15(5,14-7-2)9-13-11(12)10(3)4/h3,6-9H2,1-2,4-5H3. The summed E-state index contributed by atoms with van der Waals surface area (Å²) in [7, 11) is -1.84. The third-order valence-corrected chi connectivity index (χ3v) is 5.43. The molecule has 0 bridgehead atoms. The van der Waals surface area contributed by atoms with E-state index in [1.165, 1.54) is 0 Å². The molecule has 0 aromatic carbocycles. The van der Waals surface area contributed by atoms with Gasteiger partial charge in [0.2, 0.25) is 8.32 Å². The van der Waals surface area contributed by atoms with Crippen molar-refractivity contribution in [3.8, 4) is 0 Å². The minimum absolute atomic E-state index is 0.315. The van der Waals surface area contributed by atoms with E-state index in [1.54, 1.807) is 6.92 Å². The van der Waals surface area contributed by atoms with Gasteiger partial charge in [0.1, 0.15) is 6.23 Å². The molecule has 0 saturated carbocycles. The first-order valence-corrected chi connectivity index (χ1v) is 8.24. The maximum absolute atomic E-state index is 11.2. The van der Waals surface area contributed by atoms with Crippen molar-refractivity contribution in [3.05, 3.63) is 12.2 Å². The van der Waals surface area contributed by atoms with Crippen molar-refractivity contribution < 1.29 is 14.0 Å². The summed E-state index contributed by atoms with van der Waals surface area (Å²) >= 11 is 0. The SMILES string of the molecule is C=C(C)C(=O)OC[Si](C)(CCC)OCC. The molecular weight excluding hydrogens is 208 g/mol. The molecule has 0 rings (SSSR count). The summed E-state index contributed by atoms with van der Waals surface area (Å²) in [6.45, 7) is 12.1.